The zero-order chi connectivity index (χ0) is 12.3. The van der Waals surface area contributed by atoms with Gasteiger partial charge in [-0.25, -0.2) is 0 Å². The molecule has 0 radical (unpaired) electrons. The van der Waals surface area contributed by atoms with Gasteiger partial charge in [0, 0.05) is 23.0 Å². The number of phenolic OH excluding ortho intramolecular Hbond substituents is 1. The molecule has 1 atom stereocenters. The normalized spacial score (nSPS) is 12.6. The lowest BCUT2D eigenvalue weighted by molar-refractivity contribution is 0.461. The van der Waals surface area contributed by atoms with Gasteiger partial charge in [-0.15, -0.1) is 11.3 Å². The van der Waals surface area contributed by atoms with Crippen LogP contribution >= 0.6 is 22.9 Å². The third kappa shape index (κ3) is 3.00. The van der Waals surface area contributed by atoms with Crippen molar-refractivity contribution in [3.8, 4) is 5.75 Å². The Morgan fingerprint density at radius 3 is 2.88 bits per heavy atom. The van der Waals surface area contributed by atoms with E-state index in [1.807, 2.05) is 18.2 Å². The second kappa shape index (κ2) is 5.54. The van der Waals surface area contributed by atoms with E-state index < -0.39 is 0 Å². The third-order valence-electron chi connectivity index (χ3n) is 2.64. The summed E-state index contributed by atoms with van der Waals surface area (Å²) in [5.41, 5.74) is 0.820. The van der Waals surface area contributed by atoms with Crippen molar-refractivity contribution in [3.05, 3.63) is 51.2 Å². The monoisotopic (exact) mass is 267 g/mol. The van der Waals surface area contributed by atoms with Gasteiger partial charge in [0.2, 0.25) is 0 Å². The van der Waals surface area contributed by atoms with Gasteiger partial charge in [-0.05, 0) is 24.4 Å². The topological polar surface area (TPSA) is 32.3 Å². The number of para-hydroxylation sites is 1. The van der Waals surface area contributed by atoms with E-state index in [-0.39, 0.29) is 11.8 Å². The number of thiophene rings is 1. The molecule has 1 heterocycles. The first kappa shape index (κ1) is 12.4. The molecular formula is C13H14ClNOS. The van der Waals surface area contributed by atoms with Crippen molar-refractivity contribution in [3.63, 3.8) is 0 Å². The minimum atomic E-state index is 0.167. The summed E-state index contributed by atoms with van der Waals surface area (Å²) in [6, 6.07) is 9.80. The summed E-state index contributed by atoms with van der Waals surface area (Å²) >= 11 is 7.58. The van der Waals surface area contributed by atoms with Crippen molar-refractivity contribution in [2.75, 3.05) is 0 Å². The van der Waals surface area contributed by atoms with Gasteiger partial charge in [-0.1, -0.05) is 29.8 Å². The Kier molecular flexibility index (Phi) is 4.05. The highest BCUT2D eigenvalue weighted by Crippen LogP contribution is 2.27. The molecule has 0 aliphatic rings. The summed E-state index contributed by atoms with van der Waals surface area (Å²) in [4.78, 5) is 1.28. The summed E-state index contributed by atoms with van der Waals surface area (Å²) in [7, 11) is 0. The lowest BCUT2D eigenvalue weighted by Gasteiger charge is -2.13. The first-order chi connectivity index (χ1) is 8.18. The Morgan fingerprint density at radius 1 is 1.35 bits per heavy atom. The van der Waals surface area contributed by atoms with E-state index in [4.69, 9.17) is 11.6 Å². The van der Waals surface area contributed by atoms with Gasteiger partial charge < -0.3 is 10.4 Å². The Balaban J connectivity index is 2.00. The first-order valence-electron chi connectivity index (χ1n) is 5.41. The maximum absolute atomic E-state index is 9.77. The molecule has 0 spiro atoms. The van der Waals surface area contributed by atoms with Crippen LogP contribution in [0, 0.1) is 0 Å². The molecule has 0 aliphatic carbocycles. The molecule has 0 fully saturated rings. The lowest BCUT2D eigenvalue weighted by atomic mass is 10.2. The average molecular weight is 268 g/mol. The van der Waals surface area contributed by atoms with Crippen LogP contribution < -0.4 is 5.32 Å². The second-order valence-electron chi connectivity index (χ2n) is 3.87. The molecule has 17 heavy (non-hydrogen) atoms. The van der Waals surface area contributed by atoms with Gasteiger partial charge in [-0.3, -0.25) is 0 Å². The SMILES string of the molecule is CC(NCc1cccc(Cl)c1O)c1cccs1. The fourth-order valence-corrected chi connectivity index (χ4v) is 2.56. The summed E-state index contributed by atoms with van der Waals surface area (Å²) in [5, 5.41) is 15.6. The first-order valence-corrected chi connectivity index (χ1v) is 6.67. The van der Waals surface area contributed by atoms with Crippen molar-refractivity contribution >= 4 is 22.9 Å². The molecule has 2 aromatic rings. The van der Waals surface area contributed by atoms with E-state index in [0.717, 1.165) is 5.56 Å². The van der Waals surface area contributed by atoms with Crippen LogP contribution in [-0.2, 0) is 6.54 Å². The van der Waals surface area contributed by atoms with Crippen molar-refractivity contribution in [1.29, 1.82) is 0 Å². The van der Waals surface area contributed by atoms with E-state index in [0.29, 0.717) is 11.6 Å². The molecule has 2 rings (SSSR count). The van der Waals surface area contributed by atoms with Crippen molar-refractivity contribution in [1.82, 2.24) is 5.32 Å². The number of hydrogen-bond acceptors (Lipinski definition) is 3. The van der Waals surface area contributed by atoms with E-state index in [9.17, 15) is 5.11 Å². The molecule has 1 unspecified atom stereocenters. The zero-order valence-electron chi connectivity index (χ0n) is 9.48. The number of rotatable bonds is 4. The Hall–Kier alpha value is -1.03. The number of phenols is 1. The Bertz CT molecular complexity index is 484. The largest absolute Gasteiger partial charge is 0.506 e. The Morgan fingerprint density at radius 2 is 2.18 bits per heavy atom. The van der Waals surface area contributed by atoms with Crippen LogP contribution in [0.2, 0.25) is 5.02 Å². The summed E-state index contributed by atoms with van der Waals surface area (Å²) in [6.07, 6.45) is 0. The maximum atomic E-state index is 9.77. The summed E-state index contributed by atoms with van der Waals surface area (Å²) in [5.74, 6) is 0.167. The van der Waals surface area contributed by atoms with Gasteiger partial charge in [0.25, 0.3) is 0 Å². The number of halogens is 1. The second-order valence-corrected chi connectivity index (χ2v) is 5.25. The van der Waals surface area contributed by atoms with Crippen LogP contribution in [0.1, 0.15) is 23.4 Å². The molecule has 1 aromatic carbocycles. The fraction of sp³-hybridized carbons (Fsp3) is 0.231. The molecule has 2 nitrogen and oxygen atoms in total. The van der Waals surface area contributed by atoms with Crippen LogP contribution in [0.4, 0.5) is 0 Å². The average Bonchev–Trinajstić information content (AvgIpc) is 2.84. The van der Waals surface area contributed by atoms with Gasteiger partial charge in [0.05, 0.1) is 5.02 Å². The van der Waals surface area contributed by atoms with Gasteiger partial charge in [-0.2, -0.15) is 0 Å². The Labute approximate surface area is 110 Å². The van der Waals surface area contributed by atoms with Crippen LogP contribution in [0.25, 0.3) is 0 Å². The van der Waals surface area contributed by atoms with Crippen molar-refractivity contribution < 1.29 is 5.11 Å². The summed E-state index contributed by atoms with van der Waals surface area (Å²) in [6.45, 7) is 2.71. The number of hydrogen-bond donors (Lipinski definition) is 2. The van der Waals surface area contributed by atoms with Gasteiger partial charge in [0.15, 0.2) is 0 Å². The zero-order valence-corrected chi connectivity index (χ0v) is 11.1. The molecule has 0 amide bonds. The van der Waals surface area contributed by atoms with E-state index in [1.165, 1.54) is 4.88 Å². The predicted octanol–water partition coefficient (Wildman–Crippen LogP) is 3.96. The maximum Gasteiger partial charge on any atom is 0.138 e. The predicted molar refractivity (Wildman–Crippen MR) is 72.7 cm³/mol. The van der Waals surface area contributed by atoms with E-state index in [1.54, 1.807) is 17.4 Å². The molecular weight excluding hydrogens is 254 g/mol. The van der Waals surface area contributed by atoms with Crippen molar-refractivity contribution in [2.45, 2.75) is 19.5 Å². The molecule has 90 valence electrons. The molecule has 4 heteroatoms. The minimum absolute atomic E-state index is 0.167. The van der Waals surface area contributed by atoms with Crippen LogP contribution in [0.15, 0.2) is 35.7 Å². The minimum Gasteiger partial charge on any atom is -0.506 e. The van der Waals surface area contributed by atoms with Crippen LogP contribution in [-0.4, -0.2) is 5.11 Å². The van der Waals surface area contributed by atoms with E-state index in [2.05, 4.69) is 23.7 Å². The highest BCUT2D eigenvalue weighted by atomic mass is 35.5. The molecule has 0 bridgehead atoms. The quantitative estimate of drug-likeness (QED) is 0.879. The highest BCUT2D eigenvalue weighted by molar-refractivity contribution is 7.10. The van der Waals surface area contributed by atoms with Crippen LogP contribution in [0.5, 0.6) is 5.75 Å². The molecule has 0 saturated carbocycles. The molecule has 0 saturated heterocycles. The van der Waals surface area contributed by atoms with Gasteiger partial charge in [0.1, 0.15) is 5.75 Å². The van der Waals surface area contributed by atoms with Crippen molar-refractivity contribution in [2.24, 2.45) is 0 Å². The van der Waals surface area contributed by atoms with E-state index >= 15 is 0 Å². The van der Waals surface area contributed by atoms with Crippen LogP contribution in [0.3, 0.4) is 0 Å². The highest BCUT2D eigenvalue weighted by Gasteiger charge is 2.08. The summed E-state index contributed by atoms with van der Waals surface area (Å²) < 4.78 is 0. The fourth-order valence-electron chi connectivity index (χ4n) is 1.60. The molecule has 0 aliphatic heterocycles. The molecule has 2 N–H and O–H groups in total. The molecule has 1 aromatic heterocycles. The number of benzene rings is 1. The number of aromatic hydroxyl groups is 1. The number of nitrogens with one attached hydrogen (secondary N) is 1. The standard InChI is InChI=1S/C13H14ClNOS/c1-9(12-6-3-7-17-12)15-8-10-4-2-5-11(14)13(10)16/h2-7,9,15-16H,8H2,1H3. The smallest absolute Gasteiger partial charge is 0.138 e. The third-order valence-corrected chi connectivity index (χ3v) is 4.00. The van der Waals surface area contributed by atoms with Gasteiger partial charge >= 0.3 is 0 Å². The lowest BCUT2D eigenvalue weighted by Crippen LogP contribution is -2.17.